The normalized spacial score (nSPS) is 11.2. The Labute approximate surface area is 118 Å². The molecule has 0 spiro atoms. The number of aromatic nitrogens is 3. The van der Waals surface area contributed by atoms with E-state index >= 15 is 0 Å². The van der Waals surface area contributed by atoms with E-state index in [0.29, 0.717) is 12.5 Å². The van der Waals surface area contributed by atoms with Gasteiger partial charge in [-0.05, 0) is 30.2 Å². The Morgan fingerprint density at radius 1 is 1.26 bits per heavy atom. The Morgan fingerprint density at radius 3 is 2.68 bits per heavy atom. The summed E-state index contributed by atoms with van der Waals surface area (Å²) in [6, 6.07) is 7.78. The maximum absolute atomic E-state index is 5.86. The van der Waals surface area contributed by atoms with Gasteiger partial charge in [0.15, 0.2) is 0 Å². The van der Waals surface area contributed by atoms with Gasteiger partial charge in [0.1, 0.15) is 0 Å². The first-order valence-electron chi connectivity index (χ1n) is 6.47. The van der Waals surface area contributed by atoms with E-state index in [9.17, 15) is 0 Å². The van der Waals surface area contributed by atoms with Gasteiger partial charge in [0, 0.05) is 11.6 Å². The lowest BCUT2D eigenvalue weighted by atomic mass is 10.2. The lowest BCUT2D eigenvalue weighted by molar-refractivity contribution is 0.548. The summed E-state index contributed by atoms with van der Waals surface area (Å²) in [5, 5.41) is 12.4. The van der Waals surface area contributed by atoms with Crippen LogP contribution in [0.1, 0.15) is 25.1 Å². The number of benzene rings is 1. The monoisotopic (exact) mass is 278 g/mol. The van der Waals surface area contributed by atoms with Crippen LogP contribution in [0.4, 0.5) is 0 Å². The zero-order chi connectivity index (χ0) is 13.7. The molecule has 0 aliphatic carbocycles. The topological polar surface area (TPSA) is 42.7 Å². The summed E-state index contributed by atoms with van der Waals surface area (Å²) in [4.78, 5) is 0. The highest BCUT2D eigenvalue weighted by Crippen LogP contribution is 2.10. The molecule has 2 rings (SSSR count). The lowest BCUT2D eigenvalue weighted by Crippen LogP contribution is -2.19. The average molecular weight is 279 g/mol. The lowest BCUT2D eigenvalue weighted by Gasteiger charge is -2.04. The highest BCUT2D eigenvalue weighted by Gasteiger charge is 2.02. The second kappa shape index (κ2) is 6.68. The van der Waals surface area contributed by atoms with Gasteiger partial charge in [-0.3, -0.25) is 0 Å². The van der Waals surface area contributed by atoms with Crippen molar-refractivity contribution in [3.63, 3.8) is 0 Å². The molecule has 0 amide bonds. The molecule has 0 radical (unpaired) electrons. The van der Waals surface area contributed by atoms with Crippen molar-refractivity contribution in [3.05, 3.63) is 46.7 Å². The van der Waals surface area contributed by atoms with Gasteiger partial charge in [-0.1, -0.05) is 42.8 Å². The third-order valence-electron chi connectivity index (χ3n) is 2.70. The smallest absolute Gasteiger partial charge is 0.0964 e. The van der Waals surface area contributed by atoms with Gasteiger partial charge in [0.25, 0.3) is 0 Å². The molecule has 1 aromatic heterocycles. The van der Waals surface area contributed by atoms with E-state index in [1.165, 1.54) is 0 Å². The number of hydrogen-bond acceptors (Lipinski definition) is 3. The van der Waals surface area contributed by atoms with E-state index in [-0.39, 0.29) is 0 Å². The van der Waals surface area contributed by atoms with Gasteiger partial charge in [0.2, 0.25) is 0 Å². The van der Waals surface area contributed by atoms with Crippen molar-refractivity contribution in [2.24, 2.45) is 5.92 Å². The van der Waals surface area contributed by atoms with Crippen LogP contribution in [-0.4, -0.2) is 21.5 Å². The van der Waals surface area contributed by atoms with Crippen molar-refractivity contribution >= 4 is 11.6 Å². The van der Waals surface area contributed by atoms with Crippen molar-refractivity contribution in [1.29, 1.82) is 0 Å². The molecule has 1 N–H and O–H groups in total. The van der Waals surface area contributed by atoms with E-state index in [2.05, 4.69) is 29.5 Å². The van der Waals surface area contributed by atoms with E-state index in [0.717, 1.165) is 29.4 Å². The molecule has 0 atom stereocenters. The van der Waals surface area contributed by atoms with Crippen LogP contribution in [0.5, 0.6) is 0 Å². The molecule has 0 unspecified atom stereocenters. The second-order valence-corrected chi connectivity index (χ2v) is 5.50. The highest BCUT2D eigenvalue weighted by molar-refractivity contribution is 6.30. The molecule has 0 fully saturated rings. The Kier molecular flexibility index (Phi) is 4.93. The van der Waals surface area contributed by atoms with Crippen LogP contribution in [0.25, 0.3) is 0 Å². The molecule has 0 saturated carbocycles. The molecular formula is C14H19ClN4. The molecule has 0 bridgehead atoms. The molecule has 0 aliphatic heterocycles. The van der Waals surface area contributed by atoms with Crippen LogP contribution in [0.15, 0.2) is 30.5 Å². The summed E-state index contributed by atoms with van der Waals surface area (Å²) in [6.45, 7) is 6.84. The standard InChI is InChI=1S/C14H19ClN4/c1-11(2)7-16-8-14-10-19(18-17-14)9-12-3-5-13(15)6-4-12/h3-6,10-11,16H,7-9H2,1-2H3. The van der Waals surface area contributed by atoms with E-state index in [1.807, 2.05) is 35.1 Å². The minimum Gasteiger partial charge on any atom is -0.311 e. The quantitative estimate of drug-likeness (QED) is 0.883. The molecule has 5 heteroatoms. The van der Waals surface area contributed by atoms with Crippen LogP contribution in [0.2, 0.25) is 5.02 Å². The maximum atomic E-state index is 5.86. The number of nitrogens with one attached hydrogen (secondary N) is 1. The molecule has 19 heavy (non-hydrogen) atoms. The molecule has 4 nitrogen and oxygen atoms in total. The largest absolute Gasteiger partial charge is 0.311 e. The molecule has 0 aliphatic rings. The predicted octanol–water partition coefficient (Wildman–Crippen LogP) is 2.73. The van der Waals surface area contributed by atoms with Crippen molar-refractivity contribution in [1.82, 2.24) is 20.3 Å². The zero-order valence-electron chi connectivity index (χ0n) is 11.3. The Bertz CT molecular complexity index is 504. The van der Waals surface area contributed by atoms with E-state index < -0.39 is 0 Å². The number of nitrogens with zero attached hydrogens (tertiary/aromatic N) is 3. The summed E-state index contributed by atoms with van der Waals surface area (Å²) >= 11 is 5.86. The molecular weight excluding hydrogens is 260 g/mol. The number of halogens is 1. The minimum absolute atomic E-state index is 0.643. The van der Waals surface area contributed by atoms with Crippen molar-refractivity contribution in [2.75, 3.05) is 6.54 Å². The summed E-state index contributed by atoms with van der Waals surface area (Å²) < 4.78 is 1.84. The van der Waals surface area contributed by atoms with E-state index in [1.54, 1.807) is 0 Å². The summed E-state index contributed by atoms with van der Waals surface area (Å²) in [5.74, 6) is 0.643. The Morgan fingerprint density at radius 2 is 2.00 bits per heavy atom. The van der Waals surface area contributed by atoms with Gasteiger partial charge in [-0.2, -0.15) is 0 Å². The first-order valence-corrected chi connectivity index (χ1v) is 6.85. The molecule has 102 valence electrons. The van der Waals surface area contributed by atoms with E-state index in [4.69, 9.17) is 11.6 Å². The van der Waals surface area contributed by atoms with Crippen LogP contribution in [0, 0.1) is 5.92 Å². The average Bonchev–Trinajstić information content (AvgIpc) is 2.79. The number of hydrogen-bond donors (Lipinski definition) is 1. The Balaban J connectivity index is 1.88. The number of rotatable bonds is 6. The van der Waals surface area contributed by atoms with Gasteiger partial charge >= 0.3 is 0 Å². The third kappa shape index (κ3) is 4.65. The molecule has 1 heterocycles. The first kappa shape index (κ1) is 14.0. The highest BCUT2D eigenvalue weighted by atomic mass is 35.5. The molecule has 2 aromatic rings. The fourth-order valence-electron chi connectivity index (χ4n) is 1.76. The van der Waals surface area contributed by atoms with Gasteiger partial charge in [-0.15, -0.1) is 5.10 Å². The van der Waals surface area contributed by atoms with Crippen molar-refractivity contribution in [2.45, 2.75) is 26.9 Å². The van der Waals surface area contributed by atoms with Crippen LogP contribution in [-0.2, 0) is 13.1 Å². The summed E-state index contributed by atoms with van der Waals surface area (Å²) in [7, 11) is 0. The summed E-state index contributed by atoms with van der Waals surface area (Å²) in [5.41, 5.74) is 2.13. The second-order valence-electron chi connectivity index (χ2n) is 5.06. The summed E-state index contributed by atoms with van der Waals surface area (Å²) in [6.07, 6.45) is 1.97. The van der Waals surface area contributed by atoms with Crippen LogP contribution < -0.4 is 5.32 Å². The maximum Gasteiger partial charge on any atom is 0.0964 e. The molecule has 0 saturated heterocycles. The fraction of sp³-hybridized carbons (Fsp3) is 0.429. The first-order chi connectivity index (χ1) is 9.13. The predicted molar refractivity (Wildman–Crippen MR) is 77.1 cm³/mol. The minimum atomic E-state index is 0.643. The zero-order valence-corrected chi connectivity index (χ0v) is 12.1. The van der Waals surface area contributed by atoms with Crippen molar-refractivity contribution < 1.29 is 0 Å². The van der Waals surface area contributed by atoms with Gasteiger partial charge in [0.05, 0.1) is 18.4 Å². The fourth-order valence-corrected chi connectivity index (χ4v) is 1.89. The van der Waals surface area contributed by atoms with Gasteiger partial charge < -0.3 is 5.32 Å². The Hall–Kier alpha value is -1.39. The molecule has 1 aromatic carbocycles. The van der Waals surface area contributed by atoms with Crippen molar-refractivity contribution in [3.8, 4) is 0 Å². The SMILES string of the molecule is CC(C)CNCc1cn(Cc2ccc(Cl)cc2)nn1. The van der Waals surface area contributed by atoms with Crippen LogP contribution in [0.3, 0.4) is 0 Å². The van der Waals surface area contributed by atoms with Crippen LogP contribution >= 0.6 is 11.6 Å². The third-order valence-corrected chi connectivity index (χ3v) is 2.95. The van der Waals surface area contributed by atoms with Gasteiger partial charge in [-0.25, -0.2) is 4.68 Å².